The Labute approximate surface area is 177 Å². The van der Waals surface area contributed by atoms with Crippen molar-refractivity contribution in [3.63, 3.8) is 0 Å². The molecule has 1 aliphatic rings. The molecule has 0 saturated heterocycles. The van der Waals surface area contributed by atoms with Crippen molar-refractivity contribution >= 4 is 44.5 Å². The van der Waals surface area contributed by atoms with Gasteiger partial charge in [0.25, 0.3) is 0 Å². The van der Waals surface area contributed by atoms with Crippen LogP contribution in [0.5, 0.6) is 0 Å². The molecule has 0 radical (unpaired) electrons. The topological polar surface area (TPSA) is 55.6 Å². The minimum Gasteiger partial charge on any atom is -0.305 e. The van der Waals surface area contributed by atoms with Gasteiger partial charge in [-0.2, -0.15) is 0 Å². The molecule has 148 valence electrons. The van der Waals surface area contributed by atoms with Crippen LogP contribution in [0.2, 0.25) is 0 Å². The van der Waals surface area contributed by atoms with Gasteiger partial charge in [0.2, 0.25) is 0 Å². The highest BCUT2D eigenvalue weighted by Gasteiger charge is 2.37. The van der Waals surface area contributed by atoms with E-state index in [-0.39, 0.29) is 29.3 Å². The lowest BCUT2D eigenvalue weighted by Crippen LogP contribution is -2.21. The fourth-order valence-electron chi connectivity index (χ4n) is 4.85. The van der Waals surface area contributed by atoms with E-state index in [0.717, 1.165) is 21.7 Å². The zero-order chi connectivity index (χ0) is 21.3. The van der Waals surface area contributed by atoms with Gasteiger partial charge >= 0.3 is 0 Å². The van der Waals surface area contributed by atoms with Gasteiger partial charge in [-0.3, -0.25) is 14.4 Å². The van der Waals surface area contributed by atoms with Crippen molar-refractivity contribution in [2.24, 2.45) is 0 Å². The van der Waals surface area contributed by atoms with Crippen LogP contribution in [0.15, 0.2) is 72.8 Å². The van der Waals surface area contributed by atoms with Crippen molar-refractivity contribution in [1.82, 2.24) is 4.40 Å². The molecule has 0 aliphatic heterocycles. The Hall–Kier alpha value is -4.05. The Morgan fingerprint density at radius 2 is 1.35 bits per heavy atom. The maximum atomic E-state index is 13.5. The third-order valence-electron chi connectivity index (χ3n) is 6.26. The molecule has 3 aromatic carbocycles. The van der Waals surface area contributed by atoms with Gasteiger partial charge in [-0.25, -0.2) is 0 Å². The fourth-order valence-corrected chi connectivity index (χ4v) is 4.85. The van der Waals surface area contributed by atoms with E-state index >= 15 is 0 Å². The van der Waals surface area contributed by atoms with Gasteiger partial charge in [0.05, 0.1) is 22.2 Å². The predicted molar refractivity (Wildman–Crippen MR) is 120 cm³/mol. The van der Waals surface area contributed by atoms with Crippen LogP contribution in [0.25, 0.3) is 27.2 Å². The summed E-state index contributed by atoms with van der Waals surface area (Å²) in [6, 6.07) is 22.7. The summed E-state index contributed by atoms with van der Waals surface area (Å²) in [4.78, 5) is 40.1. The van der Waals surface area contributed by atoms with Crippen LogP contribution in [-0.2, 0) is 0 Å². The largest absolute Gasteiger partial charge is 0.305 e. The molecule has 5 aromatic rings. The third kappa shape index (κ3) is 2.22. The summed E-state index contributed by atoms with van der Waals surface area (Å²) < 4.78 is 1.82. The summed E-state index contributed by atoms with van der Waals surface area (Å²) in [6.45, 7) is 1.78. The minimum atomic E-state index is -0.264. The van der Waals surface area contributed by atoms with Crippen LogP contribution < -0.4 is 0 Å². The van der Waals surface area contributed by atoms with Crippen molar-refractivity contribution in [1.29, 1.82) is 0 Å². The Morgan fingerprint density at radius 3 is 2.10 bits per heavy atom. The number of Topliss-reactive ketones (excluding diaryl/α,β-unsaturated/α-hetero) is 1. The number of nitrogens with zero attached hydrogens (tertiary/aromatic N) is 1. The molecule has 2 heterocycles. The number of fused-ring (bicyclic) bond motifs is 8. The normalized spacial score (nSPS) is 13.1. The zero-order valence-electron chi connectivity index (χ0n) is 16.8. The first-order valence-corrected chi connectivity index (χ1v) is 10.3. The van der Waals surface area contributed by atoms with Crippen molar-refractivity contribution in [3.05, 3.63) is 101 Å². The van der Waals surface area contributed by atoms with E-state index in [1.165, 1.54) is 0 Å². The molecular formula is C27H17NO3. The van der Waals surface area contributed by atoms with Crippen molar-refractivity contribution in [3.8, 4) is 0 Å². The minimum absolute atomic E-state index is 0.155. The summed E-state index contributed by atoms with van der Waals surface area (Å²) in [5, 5.41) is 3.12. The number of rotatable bonds is 2. The Kier molecular flexibility index (Phi) is 3.57. The molecule has 0 N–H and O–H groups in total. The number of ketones is 3. The first-order chi connectivity index (χ1) is 15.1. The van der Waals surface area contributed by atoms with E-state index in [1.807, 2.05) is 52.9 Å². The molecule has 0 bridgehead atoms. The number of hydrogen-bond acceptors (Lipinski definition) is 3. The lowest BCUT2D eigenvalue weighted by molar-refractivity contribution is 0.0958. The fraction of sp³-hybridized carbons (Fsp3) is 0.0741. The van der Waals surface area contributed by atoms with Crippen LogP contribution in [0.4, 0.5) is 0 Å². The first kappa shape index (κ1) is 17.8. The second kappa shape index (κ2) is 6.22. The van der Waals surface area contributed by atoms with Gasteiger partial charge < -0.3 is 4.40 Å². The Balaban J connectivity index is 1.84. The number of carbonyl (C=O) groups is 3. The molecule has 4 heteroatoms. The average Bonchev–Trinajstić information content (AvgIpc) is 3.18. The van der Waals surface area contributed by atoms with Gasteiger partial charge in [-0.1, -0.05) is 67.6 Å². The van der Waals surface area contributed by atoms with Gasteiger partial charge in [0.1, 0.15) is 5.69 Å². The van der Waals surface area contributed by atoms with E-state index in [4.69, 9.17) is 0 Å². The number of carbonyl (C=O) groups excluding carboxylic acids is 3. The number of pyridine rings is 1. The highest BCUT2D eigenvalue weighted by atomic mass is 16.1. The third-order valence-corrected chi connectivity index (χ3v) is 6.26. The lowest BCUT2D eigenvalue weighted by atomic mass is 9.84. The number of benzene rings is 3. The molecule has 0 saturated carbocycles. The number of aromatic nitrogens is 1. The Bertz CT molecular complexity index is 1620. The van der Waals surface area contributed by atoms with Gasteiger partial charge in [-0.05, 0) is 22.9 Å². The predicted octanol–water partition coefficient (Wildman–Crippen LogP) is 5.61. The molecule has 31 heavy (non-hydrogen) atoms. The van der Waals surface area contributed by atoms with Crippen LogP contribution in [0, 0.1) is 0 Å². The molecule has 4 nitrogen and oxygen atoms in total. The van der Waals surface area contributed by atoms with E-state index in [0.29, 0.717) is 27.9 Å². The average molecular weight is 403 g/mol. The SMILES string of the molecule is CCC(=O)c1c2c(c3ccc4c5ccccc5ccc4n13)C(=O)c1ccccc1C2=O. The zero-order valence-corrected chi connectivity index (χ0v) is 16.8. The standard InChI is InChI=1S/C27H17NO3/c1-2-22(29)25-24-23(26(30)18-9-5-6-10-19(18)27(24)31)21-14-12-17-16-8-4-3-7-15(16)11-13-20(17)28(21)25/h3-14H,2H2,1H3. The van der Waals surface area contributed by atoms with Crippen LogP contribution in [-0.4, -0.2) is 21.8 Å². The Morgan fingerprint density at radius 1 is 0.710 bits per heavy atom. The maximum Gasteiger partial charge on any atom is 0.196 e. The molecule has 0 fully saturated rings. The summed E-state index contributed by atoms with van der Waals surface area (Å²) in [6.07, 6.45) is 0.242. The molecular weight excluding hydrogens is 386 g/mol. The van der Waals surface area contributed by atoms with Crippen molar-refractivity contribution in [2.45, 2.75) is 13.3 Å². The van der Waals surface area contributed by atoms with E-state index < -0.39 is 0 Å². The van der Waals surface area contributed by atoms with Crippen LogP contribution in [0.3, 0.4) is 0 Å². The van der Waals surface area contributed by atoms with E-state index in [9.17, 15) is 14.4 Å². The second-order valence-electron chi connectivity index (χ2n) is 7.85. The monoisotopic (exact) mass is 403 g/mol. The van der Waals surface area contributed by atoms with E-state index in [1.54, 1.807) is 31.2 Å². The molecule has 0 spiro atoms. The summed E-state index contributed by atoms with van der Waals surface area (Å²) in [7, 11) is 0. The number of hydrogen-bond donors (Lipinski definition) is 0. The van der Waals surface area contributed by atoms with Gasteiger partial charge in [0, 0.05) is 22.9 Å². The van der Waals surface area contributed by atoms with Crippen LogP contribution >= 0.6 is 0 Å². The van der Waals surface area contributed by atoms with E-state index in [2.05, 4.69) is 0 Å². The van der Waals surface area contributed by atoms with Crippen molar-refractivity contribution < 1.29 is 14.4 Å². The first-order valence-electron chi connectivity index (χ1n) is 10.3. The molecule has 0 unspecified atom stereocenters. The summed E-state index contributed by atoms with van der Waals surface area (Å²) in [5.74, 6) is -0.630. The molecule has 1 aliphatic carbocycles. The van der Waals surface area contributed by atoms with Crippen molar-refractivity contribution in [2.75, 3.05) is 0 Å². The summed E-state index contributed by atoms with van der Waals surface area (Å²) in [5.41, 5.74) is 3.03. The summed E-state index contributed by atoms with van der Waals surface area (Å²) >= 11 is 0. The second-order valence-corrected chi connectivity index (χ2v) is 7.85. The smallest absolute Gasteiger partial charge is 0.196 e. The van der Waals surface area contributed by atoms with Crippen LogP contribution in [0.1, 0.15) is 55.7 Å². The maximum absolute atomic E-state index is 13.5. The van der Waals surface area contributed by atoms with Gasteiger partial charge in [-0.15, -0.1) is 0 Å². The molecule has 0 atom stereocenters. The lowest BCUT2D eigenvalue weighted by Gasteiger charge is -2.14. The highest BCUT2D eigenvalue weighted by Crippen LogP contribution is 2.37. The quantitative estimate of drug-likeness (QED) is 0.279. The molecule has 0 amide bonds. The highest BCUT2D eigenvalue weighted by molar-refractivity contribution is 6.33. The molecule has 2 aromatic heterocycles. The molecule has 6 rings (SSSR count). The van der Waals surface area contributed by atoms with Gasteiger partial charge in [0.15, 0.2) is 17.3 Å².